The van der Waals surface area contributed by atoms with Crippen LogP contribution in [-0.2, 0) is 22.5 Å². The molecule has 0 spiro atoms. The molecule has 0 unspecified atom stereocenters. The number of halogens is 2. The molecule has 0 aliphatic carbocycles. The van der Waals surface area contributed by atoms with Gasteiger partial charge in [0, 0.05) is 11.3 Å². The summed E-state index contributed by atoms with van der Waals surface area (Å²) < 4.78 is 29.1. The standard InChI is InChI=1S/C20H22F2N2O3/c1-3-14-9-7-10-15(4-2)19(14)24-18(25)13-26-23-12-16-8-5-6-11-17(16)27-20(21)22/h5-12,20H,3-4,13H2,1-2H3,(H,24,25)/b23-12-. The third kappa shape index (κ3) is 6.06. The number of para-hydroxylation sites is 2. The van der Waals surface area contributed by atoms with E-state index in [4.69, 9.17) is 4.84 Å². The second kappa shape index (κ2) is 10.3. The fraction of sp³-hybridized carbons (Fsp3) is 0.300. The van der Waals surface area contributed by atoms with Gasteiger partial charge in [-0.1, -0.05) is 49.3 Å². The summed E-state index contributed by atoms with van der Waals surface area (Å²) in [6.45, 7) is 0.807. The second-order valence-corrected chi connectivity index (χ2v) is 5.63. The number of carbonyl (C=O) groups excluding carboxylic acids is 1. The summed E-state index contributed by atoms with van der Waals surface area (Å²) in [4.78, 5) is 17.1. The van der Waals surface area contributed by atoms with Gasteiger partial charge in [0.2, 0.25) is 0 Å². The molecule has 1 amide bonds. The predicted molar refractivity (Wildman–Crippen MR) is 100 cm³/mol. The third-order valence-corrected chi connectivity index (χ3v) is 3.86. The average molecular weight is 376 g/mol. The van der Waals surface area contributed by atoms with Gasteiger partial charge in [-0.05, 0) is 36.1 Å². The Morgan fingerprint density at radius 3 is 2.41 bits per heavy atom. The first-order valence-corrected chi connectivity index (χ1v) is 8.64. The van der Waals surface area contributed by atoms with Gasteiger partial charge in [0.25, 0.3) is 5.91 Å². The summed E-state index contributed by atoms with van der Waals surface area (Å²) in [5.74, 6) is -0.367. The van der Waals surface area contributed by atoms with Crippen LogP contribution in [-0.4, -0.2) is 25.3 Å². The van der Waals surface area contributed by atoms with Crippen LogP contribution in [0.2, 0.25) is 0 Å². The smallest absolute Gasteiger partial charge is 0.387 e. The average Bonchev–Trinajstić information content (AvgIpc) is 2.66. The third-order valence-electron chi connectivity index (χ3n) is 3.86. The van der Waals surface area contributed by atoms with Crippen LogP contribution in [0.3, 0.4) is 0 Å². The van der Waals surface area contributed by atoms with E-state index < -0.39 is 6.61 Å². The van der Waals surface area contributed by atoms with Gasteiger partial charge >= 0.3 is 6.61 Å². The van der Waals surface area contributed by atoms with Crippen molar-refractivity contribution >= 4 is 17.8 Å². The molecular formula is C20H22F2N2O3. The van der Waals surface area contributed by atoms with Crippen LogP contribution in [0, 0.1) is 0 Å². The zero-order valence-electron chi connectivity index (χ0n) is 15.2. The quantitative estimate of drug-likeness (QED) is 0.521. The molecule has 0 aliphatic heterocycles. The number of hydrogen-bond acceptors (Lipinski definition) is 4. The molecule has 1 N–H and O–H groups in total. The molecule has 5 nitrogen and oxygen atoms in total. The van der Waals surface area contributed by atoms with Crippen molar-refractivity contribution in [2.24, 2.45) is 5.16 Å². The summed E-state index contributed by atoms with van der Waals surface area (Å²) in [5.41, 5.74) is 3.21. The van der Waals surface area contributed by atoms with Gasteiger partial charge in [0.05, 0.1) is 6.21 Å². The first-order chi connectivity index (χ1) is 13.0. The Balaban J connectivity index is 1.95. The molecule has 7 heteroatoms. The first kappa shape index (κ1) is 20.4. The lowest BCUT2D eigenvalue weighted by atomic mass is 10.0. The molecule has 0 saturated carbocycles. The summed E-state index contributed by atoms with van der Waals surface area (Å²) in [6.07, 6.45) is 2.81. The Bertz CT molecular complexity index is 772. The van der Waals surface area contributed by atoms with Gasteiger partial charge in [-0.2, -0.15) is 8.78 Å². The molecule has 0 saturated heterocycles. The lowest BCUT2D eigenvalue weighted by Gasteiger charge is -2.13. The normalized spacial score (nSPS) is 11.0. The van der Waals surface area contributed by atoms with E-state index in [2.05, 4.69) is 15.2 Å². The number of rotatable bonds is 9. The van der Waals surface area contributed by atoms with E-state index in [0.29, 0.717) is 5.56 Å². The molecule has 0 aliphatic rings. The van der Waals surface area contributed by atoms with Gasteiger partial charge in [-0.25, -0.2) is 0 Å². The fourth-order valence-corrected chi connectivity index (χ4v) is 2.56. The predicted octanol–water partition coefficient (Wildman–Crippen LogP) is 4.40. The van der Waals surface area contributed by atoms with Crippen LogP contribution in [0.5, 0.6) is 5.75 Å². The highest BCUT2D eigenvalue weighted by Gasteiger charge is 2.11. The summed E-state index contributed by atoms with van der Waals surface area (Å²) in [7, 11) is 0. The zero-order valence-corrected chi connectivity index (χ0v) is 15.2. The number of hydrogen-bond donors (Lipinski definition) is 1. The van der Waals surface area contributed by atoms with Crippen molar-refractivity contribution in [2.45, 2.75) is 33.3 Å². The molecule has 0 heterocycles. The van der Waals surface area contributed by atoms with Gasteiger partial charge in [-0.3, -0.25) is 4.79 Å². The first-order valence-electron chi connectivity index (χ1n) is 8.64. The van der Waals surface area contributed by atoms with Crippen LogP contribution in [0.4, 0.5) is 14.5 Å². The SMILES string of the molecule is CCc1cccc(CC)c1NC(=O)CO/N=C\c1ccccc1OC(F)F. The van der Waals surface area contributed by atoms with E-state index in [9.17, 15) is 13.6 Å². The molecule has 2 aromatic carbocycles. The fourth-order valence-electron chi connectivity index (χ4n) is 2.56. The van der Waals surface area contributed by atoms with E-state index in [-0.39, 0.29) is 18.3 Å². The van der Waals surface area contributed by atoms with Crippen LogP contribution in [0.1, 0.15) is 30.5 Å². The molecule has 2 rings (SSSR count). The van der Waals surface area contributed by atoms with E-state index in [0.717, 1.165) is 29.7 Å². The monoisotopic (exact) mass is 376 g/mol. The molecular weight excluding hydrogens is 354 g/mol. The molecule has 144 valence electrons. The van der Waals surface area contributed by atoms with E-state index >= 15 is 0 Å². The number of aryl methyl sites for hydroxylation is 2. The van der Waals surface area contributed by atoms with Crippen LogP contribution in [0.25, 0.3) is 0 Å². The number of carbonyl (C=O) groups is 1. The Hall–Kier alpha value is -2.96. The molecule has 0 fully saturated rings. The summed E-state index contributed by atoms with van der Waals surface area (Å²) >= 11 is 0. The van der Waals surface area contributed by atoms with Gasteiger partial charge in [-0.15, -0.1) is 0 Å². The molecule has 0 bridgehead atoms. The molecule has 0 radical (unpaired) electrons. The number of alkyl halides is 2. The maximum Gasteiger partial charge on any atom is 0.387 e. The Morgan fingerprint density at radius 2 is 1.78 bits per heavy atom. The van der Waals surface area contributed by atoms with Gasteiger partial charge in [0.15, 0.2) is 6.61 Å². The summed E-state index contributed by atoms with van der Waals surface area (Å²) in [6, 6.07) is 12.1. The number of ether oxygens (including phenoxy) is 1. The topological polar surface area (TPSA) is 59.9 Å². The number of oxime groups is 1. The number of anilines is 1. The molecule has 2 aromatic rings. The van der Waals surface area contributed by atoms with Gasteiger partial charge < -0.3 is 14.9 Å². The van der Waals surface area contributed by atoms with Crippen molar-refractivity contribution in [3.8, 4) is 5.75 Å². The molecule has 0 aromatic heterocycles. The lowest BCUT2D eigenvalue weighted by molar-refractivity contribution is -0.120. The van der Waals surface area contributed by atoms with E-state index in [1.54, 1.807) is 18.2 Å². The number of nitrogens with zero attached hydrogens (tertiary/aromatic N) is 1. The highest BCUT2D eigenvalue weighted by Crippen LogP contribution is 2.22. The van der Waals surface area contributed by atoms with Crippen molar-refractivity contribution in [3.63, 3.8) is 0 Å². The van der Waals surface area contributed by atoms with Gasteiger partial charge in [0.1, 0.15) is 5.75 Å². The van der Waals surface area contributed by atoms with Crippen LogP contribution < -0.4 is 10.1 Å². The zero-order chi connectivity index (χ0) is 19.6. The van der Waals surface area contributed by atoms with Crippen molar-refractivity contribution in [1.82, 2.24) is 0 Å². The van der Waals surface area contributed by atoms with Crippen LogP contribution in [0.15, 0.2) is 47.6 Å². The highest BCUT2D eigenvalue weighted by molar-refractivity contribution is 5.93. The van der Waals surface area contributed by atoms with E-state index in [1.807, 2.05) is 32.0 Å². The maximum absolute atomic E-state index is 12.4. The Kier molecular flexibility index (Phi) is 7.73. The van der Waals surface area contributed by atoms with Crippen molar-refractivity contribution in [1.29, 1.82) is 0 Å². The molecule has 0 atom stereocenters. The Labute approximate surface area is 157 Å². The van der Waals surface area contributed by atoms with Crippen molar-refractivity contribution < 1.29 is 23.1 Å². The largest absolute Gasteiger partial charge is 0.434 e. The minimum atomic E-state index is -2.93. The van der Waals surface area contributed by atoms with Crippen LogP contribution >= 0.6 is 0 Å². The van der Waals surface area contributed by atoms with E-state index in [1.165, 1.54) is 12.3 Å². The minimum Gasteiger partial charge on any atom is -0.434 e. The second-order valence-electron chi connectivity index (χ2n) is 5.63. The van der Waals surface area contributed by atoms with Crippen molar-refractivity contribution in [3.05, 3.63) is 59.2 Å². The molecule has 27 heavy (non-hydrogen) atoms. The minimum absolute atomic E-state index is 0.0197. The highest BCUT2D eigenvalue weighted by atomic mass is 19.3. The number of amides is 1. The lowest BCUT2D eigenvalue weighted by Crippen LogP contribution is -2.19. The number of benzene rings is 2. The summed E-state index contributed by atoms with van der Waals surface area (Å²) in [5, 5.41) is 6.52. The maximum atomic E-state index is 12.4. The van der Waals surface area contributed by atoms with Crippen molar-refractivity contribution in [2.75, 3.05) is 11.9 Å². The Morgan fingerprint density at radius 1 is 1.11 bits per heavy atom. The number of nitrogens with one attached hydrogen (secondary N) is 1.